The van der Waals surface area contributed by atoms with Crippen molar-refractivity contribution < 1.29 is 9.53 Å². The molecule has 1 aliphatic carbocycles. The van der Waals surface area contributed by atoms with Crippen LogP contribution in [0.3, 0.4) is 0 Å². The zero-order valence-corrected chi connectivity index (χ0v) is 19.4. The molecule has 2 aliphatic rings. The molecule has 2 unspecified atom stereocenters. The molecule has 2 atom stereocenters. The van der Waals surface area contributed by atoms with Crippen molar-refractivity contribution in [2.24, 2.45) is 10.7 Å². The first-order valence-electron chi connectivity index (χ1n) is 10.1. The Hall–Kier alpha value is -1.51. The molecule has 1 aromatic carbocycles. The average molecular weight is 500 g/mol. The molecule has 1 saturated carbocycles. The maximum Gasteiger partial charge on any atom is 0.409 e. The molecule has 3 rings (SSSR count). The van der Waals surface area contributed by atoms with Crippen LogP contribution in [-0.2, 0) is 4.74 Å². The second kappa shape index (κ2) is 10.3. The number of carbonyl (C=O) groups excluding carboxylic acids is 1. The van der Waals surface area contributed by atoms with Crippen LogP contribution in [0.15, 0.2) is 29.3 Å². The largest absolute Gasteiger partial charge is 0.450 e. The number of benzene rings is 1. The molecular formula is C21H33IN4O2. The van der Waals surface area contributed by atoms with Crippen LogP contribution in [0.1, 0.15) is 63.0 Å². The van der Waals surface area contributed by atoms with E-state index in [0.29, 0.717) is 37.5 Å². The molecule has 0 radical (unpaired) electrons. The number of rotatable bonds is 5. The summed E-state index contributed by atoms with van der Waals surface area (Å²) in [6.07, 6.45) is 2.56. The minimum absolute atomic E-state index is 0. The van der Waals surface area contributed by atoms with Crippen molar-refractivity contribution in [3.63, 3.8) is 0 Å². The molecule has 28 heavy (non-hydrogen) atoms. The van der Waals surface area contributed by atoms with Crippen LogP contribution in [0.4, 0.5) is 4.79 Å². The van der Waals surface area contributed by atoms with Crippen LogP contribution in [0.5, 0.6) is 0 Å². The van der Waals surface area contributed by atoms with E-state index in [9.17, 15) is 4.79 Å². The summed E-state index contributed by atoms with van der Waals surface area (Å²) in [6.45, 7) is 8.05. The molecule has 1 aliphatic heterocycles. The second-order valence-corrected chi connectivity index (χ2v) is 7.85. The Balaban J connectivity index is 0.00000280. The monoisotopic (exact) mass is 500 g/mol. The fraction of sp³-hybridized carbons (Fsp3) is 0.619. The number of hydrogen-bond acceptors (Lipinski definition) is 3. The van der Waals surface area contributed by atoms with Gasteiger partial charge in [0.25, 0.3) is 0 Å². The molecule has 0 spiro atoms. The highest BCUT2D eigenvalue weighted by Crippen LogP contribution is 2.43. The maximum atomic E-state index is 11.7. The lowest BCUT2D eigenvalue weighted by molar-refractivity contribution is 0.0963. The van der Waals surface area contributed by atoms with Gasteiger partial charge in [-0.2, -0.15) is 0 Å². The average Bonchev–Trinajstić information content (AvgIpc) is 3.41. The van der Waals surface area contributed by atoms with E-state index in [4.69, 9.17) is 10.5 Å². The number of hydrogen-bond donors (Lipinski definition) is 2. The Labute approximate surface area is 185 Å². The first-order chi connectivity index (χ1) is 13.0. The predicted octanol–water partition coefficient (Wildman–Crippen LogP) is 3.81. The van der Waals surface area contributed by atoms with Gasteiger partial charge in [-0.15, -0.1) is 24.0 Å². The summed E-state index contributed by atoms with van der Waals surface area (Å²) in [4.78, 5) is 18.2. The number of nitrogens with one attached hydrogen (secondary N) is 1. The molecule has 2 fully saturated rings. The van der Waals surface area contributed by atoms with E-state index in [2.05, 4.69) is 48.4 Å². The lowest BCUT2D eigenvalue weighted by Gasteiger charge is -2.31. The molecule has 1 amide bonds. The summed E-state index contributed by atoms with van der Waals surface area (Å²) in [7, 11) is 0. The van der Waals surface area contributed by atoms with Gasteiger partial charge in [0, 0.05) is 25.0 Å². The van der Waals surface area contributed by atoms with Gasteiger partial charge in [0.05, 0.1) is 12.6 Å². The van der Waals surface area contributed by atoms with E-state index in [1.54, 1.807) is 4.90 Å². The first-order valence-corrected chi connectivity index (χ1v) is 10.1. The number of aliphatic imine (C=N–C) groups is 1. The number of nitrogens with two attached hydrogens (primary N) is 1. The van der Waals surface area contributed by atoms with Crippen molar-refractivity contribution >= 4 is 36.0 Å². The van der Waals surface area contributed by atoms with Crippen LogP contribution >= 0.6 is 24.0 Å². The van der Waals surface area contributed by atoms with Crippen molar-refractivity contribution in [1.29, 1.82) is 0 Å². The SMILES string of the molecule is CCOC(=O)N1CCC(NC(N)=NC2CC2c2ccc(C(C)C)cc2)CC1.I. The zero-order valence-electron chi connectivity index (χ0n) is 17.1. The van der Waals surface area contributed by atoms with E-state index >= 15 is 0 Å². The molecule has 156 valence electrons. The lowest BCUT2D eigenvalue weighted by Crippen LogP contribution is -2.48. The van der Waals surface area contributed by atoms with E-state index in [0.717, 1.165) is 19.3 Å². The number of amides is 1. The zero-order chi connectivity index (χ0) is 19.4. The molecule has 1 saturated heterocycles. The first kappa shape index (κ1) is 22.8. The minimum atomic E-state index is -0.220. The quantitative estimate of drug-likeness (QED) is 0.366. The van der Waals surface area contributed by atoms with Gasteiger partial charge in [-0.3, -0.25) is 0 Å². The number of likely N-dealkylation sites (tertiary alicyclic amines) is 1. The third-order valence-corrected chi connectivity index (χ3v) is 5.47. The highest BCUT2D eigenvalue weighted by Gasteiger charge is 2.38. The van der Waals surface area contributed by atoms with Gasteiger partial charge >= 0.3 is 6.09 Å². The van der Waals surface area contributed by atoms with Gasteiger partial charge in [0.1, 0.15) is 0 Å². The lowest BCUT2D eigenvalue weighted by atomic mass is 10.0. The van der Waals surface area contributed by atoms with Crippen LogP contribution in [0.25, 0.3) is 0 Å². The van der Waals surface area contributed by atoms with Crippen molar-refractivity contribution in [2.45, 2.75) is 64.0 Å². The number of ether oxygens (including phenoxy) is 1. The normalized spacial score (nSPS) is 22.6. The summed E-state index contributed by atoms with van der Waals surface area (Å²) >= 11 is 0. The summed E-state index contributed by atoms with van der Waals surface area (Å²) in [5, 5.41) is 3.33. The molecule has 0 aromatic heterocycles. The summed E-state index contributed by atoms with van der Waals surface area (Å²) in [6, 6.07) is 9.44. The fourth-order valence-corrected chi connectivity index (χ4v) is 3.66. The number of carbonyl (C=O) groups is 1. The summed E-state index contributed by atoms with van der Waals surface area (Å²) in [5.41, 5.74) is 8.85. The standard InChI is InChI=1S/C21H32N4O2.HI/c1-4-27-21(26)25-11-9-17(10-12-25)23-20(22)24-19-13-18(19)16-7-5-15(6-8-16)14(2)3;/h5-8,14,17-19H,4,9-13H2,1-3H3,(H3,22,23,24);1H. The minimum Gasteiger partial charge on any atom is -0.450 e. The third kappa shape index (κ3) is 5.99. The molecule has 3 N–H and O–H groups in total. The van der Waals surface area contributed by atoms with Crippen molar-refractivity contribution in [3.05, 3.63) is 35.4 Å². The molecule has 0 bridgehead atoms. The van der Waals surface area contributed by atoms with E-state index in [1.165, 1.54) is 11.1 Å². The Morgan fingerprint density at radius 1 is 1.29 bits per heavy atom. The number of nitrogens with zero attached hydrogens (tertiary/aromatic N) is 2. The van der Waals surface area contributed by atoms with Crippen molar-refractivity contribution in [2.75, 3.05) is 19.7 Å². The topological polar surface area (TPSA) is 80.0 Å². The molecule has 7 heteroatoms. The number of piperidine rings is 1. The highest BCUT2D eigenvalue weighted by atomic mass is 127. The molecular weight excluding hydrogens is 467 g/mol. The van der Waals surface area contributed by atoms with Gasteiger partial charge in [0.2, 0.25) is 0 Å². The van der Waals surface area contributed by atoms with Crippen LogP contribution in [0.2, 0.25) is 0 Å². The highest BCUT2D eigenvalue weighted by molar-refractivity contribution is 14.0. The van der Waals surface area contributed by atoms with Crippen LogP contribution < -0.4 is 11.1 Å². The van der Waals surface area contributed by atoms with Gasteiger partial charge in [-0.25, -0.2) is 9.79 Å². The molecule has 1 heterocycles. The smallest absolute Gasteiger partial charge is 0.409 e. The summed E-state index contributed by atoms with van der Waals surface area (Å²) < 4.78 is 5.05. The molecule has 1 aromatic rings. The van der Waals surface area contributed by atoms with Crippen LogP contribution in [0, 0.1) is 0 Å². The number of halogens is 1. The van der Waals surface area contributed by atoms with Gasteiger partial charge in [0.15, 0.2) is 5.96 Å². The fourth-order valence-electron chi connectivity index (χ4n) is 3.66. The van der Waals surface area contributed by atoms with E-state index in [1.807, 2.05) is 6.92 Å². The Kier molecular flexibility index (Phi) is 8.39. The van der Waals surface area contributed by atoms with E-state index < -0.39 is 0 Å². The Morgan fingerprint density at radius 3 is 2.50 bits per heavy atom. The van der Waals surface area contributed by atoms with Gasteiger partial charge in [-0.1, -0.05) is 38.1 Å². The number of guanidine groups is 1. The van der Waals surface area contributed by atoms with Crippen molar-refractivity contribution in [1.82, 2.24) is 10.2 Å². The maximum absolute atomic E-state index is 11.7. The molecule has 6 nitrogen and oxygen atoms in total. The van der Waals surface area contributed by atoms with Gasteiger partial charge < -0.3 is 20.7 Å². The Bertz CT molecular complexity index is 669. The third-order valence-electron chi connectivity index (χ3n) is 5.47. The van der Waals surface area contributed by atoms with Crippen LogP contribution in [-0.4, -0.2) is 48.7 Å². The van der Waals surface area contributed by atoms with Gasteiger partial charge in [-0.05, 0) is 43.2 Å². The second-order valence-electron chi connectivity index (χ2n) is 7.85. The summed E-state index contributed by atoms with van der Waals surface area (Å²) in [5.74, 6) is 1.57. The van der Waals surface area contributed by atoms with E-state index in [-0.39, 0.29) is 42.2 Å². The van der Waals surface area contributed by atoms with Crippen molar-refractivity contribution in [3.8, 4) is 0 Å². The predicted molar refractivity (Wildman–Crippen MR) is 123 cm³/mol. The Morgan fingerprint density at radius 2 is 1.93 bits per heavy atom.